The van der Waals surface area contributed by atoms with Crippen LogP contribution in [0.1, 0.15) is 31.9 Å². The maximum Gasteiger partial charge on any atom is 0.419 e. The van der Waals surface area contributed by atoms with Crippen molar-refractivity contribution >= 4 is 17.3 Å². The first-order chi connectivity index (χ1) is 11.1. The molecule has 1 amide bonds. The van der Waals surface area contributed by atoms with Crippen molar-refractivity contribution < 1.29 is 18.0 Å². The molecule has 1 fully saturated rings. The third-order valence-electron chi connectivity index (χ3n) is 3.96. The number of halogens is 3. The molecule has 0 bridgehead atoms. The van der Waals surface area contributed by atoms with Gasteiger partial charge in [0, 0.05) is 32.1 Å². The molecule has 2 N–H and O–H groups in total. The van der Waals surface area contributed by atoms with Gasteiger partial charge in [0.1, 0.15) is 0 Å². The molecule has 1 aromatic rings. The van der Waals surface area contributed by atoms with Gasteiger partial charge in [0.25, 0.3) is 0 Å². The monoisotopic (exact) mass is 340 g/mol. The molecule has 2 atom stereocenters. The largest absolute Gasteiger partial charge is 0.419 e. The molecule has 0 spiro atoms. The Hall–Kier alpha value is -2.27. The van der Waals surface area contributed by atoms with Gasteiger partial charge >= 0.3 is 6.18 Å². The smallest absolute Gasteiger partial charge is 0.364 e. The van der Waals surface area contributed by atoms with Crippen LogP contribution in [-0.2, 0) is 11.0 Å². The molecule has 1 aliphatic rings. The number of alkyl halides is 3. The van der Waals surface area contributed by atoms with Crippen LogP contribution in [0.15, 0.2) is 12.1 Å². The number of carbonyl (C=O) groups excluding carboxylic acids is 1. The van der Waals surface area contributed by atoms with Crippen molar-refractivity contribution in [1.82, 2.24) is 5.32 Å². The Balaban J connectivity index is 2.67. The predicted octanol–water partition coefficient (Wildman–Crippen LogP) is 2.72. The summed E-state index contributed by atoms with van der Waals surface area (Å²) in [6.45, 7) is 6.08. The van der Waals surface area contributed by atoms with Crippen LogP contribution in [0.4, 0.5) is 24.5 Å². The van der Waals surface area contributed by atoms with Gasteiger partial charge in [0.05, 0.1) is 28.6 Å². The molecule has 5 nitrogen and oxygen atoms in total. The van der Waals surface area contributed by atoms with Crippen LogP contribution in [-0.4, -0.2) is 31.1 Å². The van der Waals surface area contributed by atoms with Gasteiger partial charge in [-0.1, -0.05) is 0 Å². The molecule has 0 aromatic heterocycles. The van der Waals surface area contributed by atoms with Gasteiger partial charge in [-0.15, -0.1) is 0 Å². The molecule has 130 valence electrons. The maximum absolute atomic E-state index is 13.5. The van der Waals surface area contributed by atoms with Gasteiger partial charge < -0.3 is 15.5 Å². The number of amides is 1. The topological polar surface area (TPSA) is 68.2 Å². The van der Waals surface area contributed by atoms with Crippen molar-refractivity contribution in [3.63, 3.8) is 0 Å². The Labute approximate surface area is 138 Å². The van der Waals surface area contributed by atoms with E-state index in [9.17, 15) is 18.0 Å². The van der Waals surface area contributed by atoms with Crippen molar-refractivity contribution in [3.05, 3.63) is 23.3 Å². The van der Waals surface area contributed by atoms with Gasteiger partial charge in [0.15, 0.2) is 0 Å². The molecular formula is C16H19F3N4O. The second kappa shape index (κ2) is 6.69. The molecule has 1 saturated heterocycles. The van der Waals surface area contributed by atoms with Crippen LogP contribution in [0.3, 0.4) is 0 Å². The molecule has 8 heteroatoms. The number of hydrogen-bond donors (Lipinski definition) is 2. The minimum Gasteiger partial charge on any atom is -0.364 e. The molecule has 24 heavy (non-hydrogen) atoms. The van der Waals surface area contributed by atoms with E-state index >= 15 is 0 Å². The average molecular weight is 340 g/mol. The van der Waals surface area contributed by atoms with E-state index in [1.165, 1.54) is 6.07 Å². The fourth-order valence-corrected chi connectivity index (χ4v) is 2.88. The number of carbonyl (C=O) groups is 1. The predicted molar refractivity (Wildman–Crippen MR) is 84.7 cm³/mol. The van der Waals surface area contributed by atoms with Gasteiger partial charge in [-0.05, 0) is 26.0 Å². The van der Waals surface area contributed by atoms with Crippen molar-refractivity contribution in [2.24, 2.45) is 0 Å². The van der Waals surface area contributed by atoms with Crippen molar-refractivity contribution in [2.45, 2.75) is 39.0 Å². The fourth-order valence-electron chi connectivity index (χ4n) is 2.88. The summed E-state index contributed by atoms with van der Waals surface area (Å²) in [6, 6.07) is 4.23. The maximum atomic E-state index is 13.5. The molecule has 0 aliphatic carbocycles. The van der Waals surface area contributed by atoms with Gasteiger partial charge in [0.2, 0.25) is 5.91 Å². The lowest BCUT2D eigenvalue weighted by atomic mass is 10.0. The number of nitrogens with zero attached hydrogens (tertiary/aromatic N) is 2. The molecule has 0 saturated carbocycles. The van der Waals surface area contributed by atoms with Gasteiger partial charge in [-0.25, -0.2) is 0 Å². The zero-order chi connectivity index (χ0) is 18.1. The number of nitrogens with one attached hydrogen (secondary N) is 2. The Bertz CT molecular complexity index is 681. The quantitative estimate of drug-likeness (QED) is 0.869. The molecule has 2 unspecified atom stereocenters. The van der Waals surface area contributed by atoms with E-state index in [1.54, 1.807) is 6.07 Å². The van der Waals surface area contributed by atoms with Crippen molar-refractivity contribution in [2.75, 3.05) is 23.3 Å². The summed E-state index contributed by atoms with van der Waals surface area (Å²) < 4.78 is 40.6. The minimum atomic E-state index is -4.75. The molecular weight excluding hydrogens is 321 g/mol. The van der Waals surface area contributed by atoms with Gasteiger partial charge in [-0.2, -0.15) is 18.4 Å². The van der Waals surface area contributed by atoms with Gasteiger partial charge in [-0.3, -0.25) is 4.79 Å². The first-order valence-corrected chi connectivity index (χ1v) is 7.57. The normalized spacial score (nSPS) is 21.3. The van der Waals surface area contributed by atoms with E-state index in [0.29, 0.717) is 13.1 Å². The summed E-state index contributed by atoms with van der Waals surface area (Å²) in [5.74, 6) is -0.618. The van der Waals surface area contributed by atoms with E-state index in [2.05, 4.69) is 10.6 Å². The lowest BCUT2D eigenvalue weighted by Crippen LogP contribution is -2.54. The van der Waals surface area contributed by atoms with E-state index in [0.717, 1.165) is 13.0 Å². The Morgan fingerprint density at radius 3 is 2.62 bits per heavy atom. The van der Waals surface area contributed by atoms with E-state index in [1.807, 2.05) is 18.7 Å². The van der Waals surface area contributed by atoms with Crippen LogP contribution >= 0.6 is 0 Å². The highest BCUT2D eigenvalue weighted by Crippen LogP contribution is 2.43. The van der Waals surface area contributed by atoms with E-state index in [-0.39, 0.29) is 23.5 Å². The van der Waals surface area contributed by atoms with Crippen LogP contribution < -0.4 is 15.5 Å². The Kier molecular flexibility index (Phi) is 5.04. The molecule has 1 aliphatic heterocycles. The lowest BCUT2D eigenvalue weighted by molar-refractivity contribution is -0.137. The first kappa shape index (κ1) is 18.1. The third-order valence-corrected chi connectivity index (χ3v) is 3.96. The molecule has 1 aromatic carbocycles. The number of anilines is 2. The number of piperazine rings is 1. The average Bonchev–Trinajstić information content (AvgIpc) is 2.47. The SMILES string of the molecule is CC(=O)Nc1c(N2CC(C)NCC2C)ccc(C#N)c1C(F)(F)F. The van der Waals surface area contributed by atoms with Crippen LogP contribution in [0, 0.1) is 11.3 Å². The standard InChI is InChI=1S/C16H19F3N4O/c1-9-8-23(10(2)7-21-9)13-5-4-12(6-20)14(16(17,18)19)15(13)22-11(3)24/h4-5,9-10,21H,7-8H2,1-3H3,(H,22,24). The summed E-state index contributed by atoms with van der Waals surface area (Å²) in [4.78, 5) is 13.3. The van der Waals surface area contributed by atoms with Crippen molar-refractivity contribution in [1.29, 1.82) is 5.26 Å². The lowest BCUT2D eigenvalue weighted by Gasteiger charge is -2.40. The molecule has 2 rings (SSSR count). The second-order valence-electron chi connectivity index (χ2n) is 5.98. The number of nitriles is 1. The number of hydrogen-bond acceptors (Lipinski definition) is 4. The zero-order valence-corrected chi connectivity index (χ0v) is 13.7. The highest BCUT2D eigenvalue weighted by Gasteiger charge is 2.39. The number of benzene rings is 1. The summed E-state index contributed by atoms with van der Waals surface area (Å²) >= 11 is 0. The van der Waals surface area contributed by atoms with Crippen LogP contribution in [0.5, 0.6) is 0 Å². The number of rotatable bonds is 2. The second-order valence-corrected chi connectivity index (χ2v) is 5.98. The van der Waals surface area contributed by atoms with Crippen LogP contribution in [0.25, 0.3) is 0 Å². The summed E-state index contributed by atoms with van der Waals surface area (Å²) in [6.07, 6.45) is -4.75. The Morgan fingerprint density at radius 2 is 2.08 bits per heavy atom. The third kappa shape index (κ3) is 3.62. The van der Waals surface area contributed by atoms with E-state index in [4.69, 9.17) is 5.26 Å². The van der Waals surface area contributed by atoms with Crippen molar-refractivity contribution in [3.8, 4) is 6.07 Å². The minimum absolute atomic E-state index is 0.0530. The zero-order valence-electron chi connectivity index (χ0n) is 13.7. The highest BCUT2D eigenvalue weighted by molar-refractivity contribution is 5.95. The summed E-state index contributed by atoms with van der Waals surface area (Å²) in [5, 5.41) is 14.6. The summed E-state index contributed by atoms with van der Waals surface area (Å²) in [5.41, 5.74) is -1.69. The van der Waals surface area contributed by atoms with Crippen LogP contribution in [0.2, 0.25) is 0 Å². The highest BCUT2D eigenvalue weighted by atomic mass is 19.4. The van der Waals surface area contributed by atoms with E-state index < -0.39 is 23.2 Å². The first-order valence-electron chi connectivity index (χ1n) is 7.57. The fraction of sp³-hybridized carbons (Fsp3) is 0.500. The Morgan fingerprint density at radius 1 is 1.42 bits per heavy atom. The summed E-state index contributed by atoms with van der Waals surface area (Å²) in [7, 11) is 0. The molecule has 0 radical (unpaired) electrons. The molecule has 1 heterocycles.